The van der Waals surface area contributed by atoms with Crippen molar-refractivity contribution in [3.63, 3.8) is 0 Å². The van der Waals surface area contributed by atoms with Crippen molar-refractivity contribution in [3.8, 4) is 5.69 Å². The lowest BCUT2D eigenvalue weighted by Gasteiger charge is -2.11. The number of aromatic nitrogens is 3. The molecule has 1 aromatic heterocycles. The number of rotatable bonds is 4. The molecule has 2 aromatic carbocycles. The average Bonchev–Trinajstić information content (AvgIpc) is 3.05. The monoisotopic (exact) mass is 346 g/mol. The minimum Gasteiger partial charge on any atom is -0.324 e. The van der Waals surface area contributed by atoms with E-state index >= 15 is 0 Å². The first-order valence-electron chi connectivity index (χ1n) is 6.83. The van der Waals surface area contributed by atoms with Crippen LogP contribution in [0.2, 0.25) is 10.0 Å². The van der Waals surface area contributed by atoms with Crippen LogP contribution < -0.4 is 5.32 Å². The largest absolute Gasteiger partial charge is 0.324 e. The van der Waals surface area contributed by atoms with Crippen molar-refractivity contribution in [2.75, 3.05) is 5.32 Å². The quantitative estimate of drug-likeness (QED) is 0.782. The number of anilines is 1. The molecule has 0 saturated carbocycles. The van der Waals surface area contributed by atoms with E-state index in [0.29, 0.717) is 21.3 Å². The molecule has 0 aliphatic rings. The van der Waals surface area contributed by atoms with Gasteiger partial charge in [0.2, 0.25) is 5.91 Å². The topological polar surface area (TPSA) is 59.8 Å². The molecule has 0 saturated heterocycles. The predicted octanol–water partition coefficient (Wildman–Crippen LogP) is 3.76. The molecule has 1 heterocycles. The Kier molecular flexibility index (Phi) is 4.60. The van der Waals surface area contributed by atoms with E-state index in [4.69, 9.17) is 23.2 Å². The summed E-state index contributed by atoms with van der Waals surface area (Å²) in [7, 11) is 0. The number of carbonyl (C=O) groups is 1. The van der Waals surface area contributed by atoms with Crippen molar-refractivity contribution in [1.29, 1.82) is 0 Å². The first-order valence-corrected chi connectivity index (χ1v) is 7.58. The van der Waals surface area contributed by atoms with Gasteiger partial charge in [-0.2, -0.15) is 0 Å². The number of benzene rings is 2. The van der Waals surface area contributed by atoms with Crippen LogP contribution in [-0.2, 0) is 11.2 Å². The number of hydrogen-bond acceptors (Lipinski definition) is 3. The number of hydrogen-bond donors (Lipinski definition) is 1. The Morgan fingerprint density at radius 2 is 2.00 bits per heavy atom. The van der Waals surface area contributed by atoms with Crippen LogP contribution in [0, 0.1) is 0 Å². The van der Waals surface area contributed by atoms with Crippen LogP contribution in [0.15, 0.2) is 54.9 Å². The van der Waals surface area contributed by atoms with Crippen LogP contribution in [0.25, 0.3) is 5.69 Å². The van der Waals surface area contributed by atoms with E-state index in [1.54, 1.807) is 41.3 Å². The van der Waals surface area contributed by atoms with Gasteiger partial charge in [0.25, 0.3) is 0 Å². The Morgan fingerprint density at radius 3 is 2.74 bits per heavy atom. The van der Waals surface area contributed by atoms with Gasteiger partial charge in [0, 0.05) is 10.0 Å². The highest BCUT2D eigenvalue weighted by Crippen LogP contribution is 2.23. The number of nitrogens with one attached hydrogen (secondary N) is 1. The Balaban J connectivity index is 1.78. The number of para-hydroxylation sites is 2. The molecule has 3 aromatic rings. The maximum atomic E-state index is 12.3. The van der Waals surface area contributed by atoms with Crippen molar-refractivity contribution < 1.29 is 4.79 Å². The molecule has 5 nitrogen and oxygen atoms in total. The van der Waals surface area contributed by atoms with Gasteiger partial charge in [0.15, 0.2) is 0 Å². The SMILES string of the molecule is O=C(Cc1ccc(Cl)cc1Cl)Nc1ccccc1-n1ccnn1. The van der Waals surface area contributed by atoms with E-state index < -0.39 is 0 Å². The summed E-state index contributed by atoms with van der Waals surface area (Å²) < 4.78 is 1.59. The molecule has 23 heavy (non-hydrogen) atoms. The molecule has 7 heteroatoms. The van der Waals surface area contributed by atoms with Gasteiger partial charge in [-0.25, -0.2) is 4.68 Å². The average molecular weight is 347 g/mol. The van der Waals surface area contributed by atoms with E-state index in [1.165, 1.54) is 0 Å². The fraction of sp³-hybridized carbons (Fsp3) is 0.0625. The summed E-state index contributed by atoms with van der Waals surface area (Å²) in [6.45, 7) is 0. The van der Waals surface area contributed by atoms with Gasteiger partial charge in [-0.15, -0.1) is 5.10 Å². The maximum Gasteiger partial charge on any atom is 0.228 e. The van der Waals surface area contributed by atoms with E-state index in [-0.39, 0.29) is 12.3 Å². The normalized spacial score (nSPS) is 10.5. The van der Waals surface area contributed by atoms with Gasteiger partial charge in [-0.1, -0.05) is 46.6 Å². The van der Waals surface area contributed by atoms with Crippen LogP contribution in [0.1, 0.15) is 5.56 Å². The number of nitrogens with zero attached hydrogens (tertiary/aromatic N) is 3. The van der Waals surface area contributed by atoms with Gasteiger partial charge in [0.1, 0.15) is 0 Å². The number of amides is 1. The van der Waals surface area contributed by atoms with E-state index in [1.807, 2.05) is 18.2 Å². The lowest BCUT2D eigenvalue weighted by Crippen LogP contribution is -2.16. The van der Waals surface area contributed by atoms with Crippen LogP contribution in [-0.4, -0.2) is 20.9 Å². The third-order valence-electron chi connectivity index (χ3n) is 3.21. The van der Waals surface area contributed by atoms with Crippen molar-refractivity contribution in [3.05, 3.63) is 70.5 Å². The molecule has 0 aliphatic heterocycles. The number of halogens is 2. The summed E-state index contributed by atoms with van der Waals surface area (Å²) in [4.78, 5) is 12.3. The van der Waals surface area contributed by atoms with Gasteiger partial charge in [-0.05, 0) is 29.8 Å². The van der Waals surface area contributed by atoms with Crippen LogP contribution >= 0.6 is 23.2 Å². The zero-order chi connectivity index (χ0) is 16.2. The summed E-state index contributed by atoms with van der Waals surface area (Å²) in [6.07, 6.45) is 3.44. The third kappa shape index (κ3) is 3.70. The highest BCUT2D eigenvalue weighted by molar-refractivity contribution is 6.35. The second kappa shape index (κ2) is 6.81. The molecule has 116 valence electrons. The molecule has 1 N–H and O–H groups in total. The second-order valence-corrected chi connectivity index (χ2v) is 5.67. The van der Waals surface area contributed by atoms with Crippen molar-refractivity contribution in [2.24, 2.45) is 0 Å². The lowest BCUT2D eigenvalue weighted by atomic mass is 10.1. The molecule has 0 atom stereocenters. The minimum atomic E-state index is -0.179. The van der Waals surface area contributed by atoms with Crippen molar-refractivity contribution in [2.45, 2.75) is 6.42 Å². The van der Waals surface area contributed by atoms with Gasteiger partial charge in [0.05, 0.1) is 30.2 Å². The number of carbonyl (C=O) groups excluding carboxylic acids is 1. The highest BCUT2D eigenvalue weighted by atomic mass is 35.5. The molecule has 0 bridgehead atoms. The van der Waals surface area contributed by atoms with E-state index in [9.17, 15) is 4.79 Å². The predicted molar refractivity (Wildman–Crippen MR) is 90.2 cm³/mol. The summed E-state index contributed by atoms with van der Waals surface area (Å²) in [5.74, 6) is -0.179. The van der Waals surface area contributed by atoms with Gasteiger partial charge < -0.3 is 5.32 Å². The molecule has 0 fully saturated rings. The Labute approximate surface area is 142 Å². The molecule has 0 unspecified atom stereocenters. The lowest BCUT2D eigenvalue weighted by molar-refractivity contribution is -0.115. The zero-order valence-electron chi connectivity index (χ0n) is 11.9. The summed E-state index contributed by atoms with van der Waals surface area (Å²) >= 11 is 12.0. The first kappa shape index (κ1) is 15.5. The van der Waals surface area contributed by atoms with E-state index in [0.717, 1.165) is 5.69 Å². The fourth-order valence-corrected chi connectivity index (χ4v) is 2.62. The summed E-state index contributed by atoms with van der Waals surface area (Å²) in [5, 5.41) is 11.6. The Morgan fingerprint density at radius 1 is 1.17 bits per heavy atom. The molecule has 0 aliphatic carbocycles. The first-order chi connectivity index (χ1) is 11.1. The smallest absolute Gasteiger partial charge is 0.228 e. The van der Waals surface area contributed by atoms with E-state index in [2.05, 4.69) is 15.6 Å². The molecular weight excluding hydrogens is 335 g/mol. The molecule has 3 rings (SSSR count). The molecule has 1 amide bonds. The Bertz CT molecular complexity index is 834. The molecule has 0 radical (unpaired) electrons. The minimum absolute atomic E-state index is 0.154. The van der Waals surface area contributed by atoms with Crippen LogP contribution in [0.4, 0.5) is 5.69 Å². The highest BCUT2D eigenvalue weighted by Gasteiger charge is 2.11. The Hall–Kier alpha value is -2.37. The second-order valence-electron chi connectivity index (χ2n) is 4.83. The molecular formula is C16H12Cl2N4O. The maximum absolute atomic E-state index is 12.3. The molecule has 0 spiro atoms. The summed E-state index contributed by atoms with van der Waals surface area (Å²) in [5.41, 5.74) is 2.10. The van der Waals surface area contributed by atoms with Crippen LogP contribution in [0.3, 0.4) is 0 Å². The standard InChI is InChI=1S/C16H12Cl2N4O/c17-12-6-5-11(13(18)10-12)9-16(23)20-14-3-1-2-4-15(14)22-8-7-19-21-22/h1-8,10H,9H2,(H,20,23). The van der Waals surface area contributed by atoms with Crippen LogP contribution in [0.5, 0.6) is 0 Å². The van der Waals surface area contributed by atoms with Crippen molar-refractivity contribution in [1.82, 2.24) is 15.0 Å². The van der Waals surface area contributed by atoms with Crippen molar-refractivity contribution >= 4 is 34.8 Å². The summed E-state index contributed by atoms with van der Waals surface area (Å²) in [6, 6.07) is 12.4. The van der Waals surface area contributed by atoms with Gasteiger partial charge >= 0.3 is 0 Å². The third-order valence-corrected chi connectivity index (χ3v) is 3.80. The zero-order valence-corrected chi connectivity index (χ0v) is 13.4. The van der Waals surface area contributed by atoms with Gasteiger partial charge in [-0.3, -0.25) is 4.79 Å². The fourth-order valence-electron chi connectivity index (χ4n) is 2.15.